The zero-order chi connectivity index (χ0) is 21.7. The van der Waals surface area contributed by atoms with Gasteiger partial charge in [0.2, 0.25) is 5.91 Å². The molecule has 1 heterocycles. The van der Waals surface area contributed by atoms with Gasteiger partial charge in [-0.3, -0.25) is 14.6 Å². The highest BCUT2D eigenvalue weighted by atomic mass is 32.2. The number of carbonyl (C=O) groups is 2. The number of anilines is 1. The Bertz CT molecular complexity index is 1060. The molecule has 0 spiro atoms. The molecule has 1 aliphatic rings. The number of carbonyl (C=O) groups excluding carboxylic acids is 2. The van der Waals surface area contributed by atoms with Gasteiger partial charge in [0.05, 0.1) is 16.3 Å². The van der Waals surface area contributed by atoms with Crippen LogP contribution in [0.2, 0.25) is 0 Å². The summed E-state index contributed by atoms with van der Waals surface area (Å²) in [5, 5.41) is 8.07. The van der Waals surface area contributed by atoms with E-state index in [1.165, 1.54) is 41.4 Å². The minimum absolute atomic E-state index is 0.000850. The third-order valence-corrected chi connectivity index (χ3v) is 6.39. The summed E-state index contributed by atoms with van der Waals surface area (Å²) in [6, 6.07) is 12.5. The van der Waals surface area contributed by atoms with Gasteiger partial charge >= 0.3 is 0 Å². The summed E-state index contributed by atoms with van der Waals surface area (Å²) < 4.78 is 37.7. The van der Waals surface area contributed by atoms with Crippen LogP contribution >= 0.6 is 0 Å². The van der Waals surface area contributed by atoms with Gasteiger partial charge in [0, 0.05) is 13.0 Å². The Morgan fingerprint density at radius 3 is 2.43 bits per heavy atom. The van der Waals surface area contributed by atoms with Crippen molar-refractivity contribution in [1.29, 1.82) is 0 Å². The van der Waals surface area contributed by atoms with Gasteiger partial charge in [-0.2, -0.15) is 5.10 Å². The van der Waals surface area contributed by atoms with Crippen molar-refractivity contribution in [2.75, 3.05) is 17.3 Å². The van der Waals surface area contributed by atoms with Crippen molar-refractivity contribution in [2.24, 2.45) is 10.8 Å². The van der Waals surface area contributed by atoms with E-state index in [0.29, 0.717) is 5.69 Å². The van der Waals surface area contributed by atoms with Gasteiger partial charge in [-0.15, -0.1) is 0 Å². The molecule has 0 saturated carbocycles. The fourth-order valence-electron chi connectivity index (χ4n) is 3.01. The van der Waals surface area contributed by atoms with Crippen LogP contribution in [0.4, 0.5) is 10.1 Å². The second-order valence-corrected chi connectivity index (χ2v) is 8.84. The first-order valence-electron chi connectivity index (χ1n) is 9.25. The first-order valence-corrected chi connectivity index (χ1v) is 10.9. The van der Waals surface area contributed by atoms with Crippen molar-refractivity contribution in [3.63, 3.8) is 0 Å². The summed E-state index contributed by atoms with van der Waals surface area (Å²) in [7, 11) is -3.43. The van der Waals surface area contributed by atoms with Crippen LogP contribution in [0.5, 0.6) is 0 Å². The molecule has 1 atom stereocenters. The van der Waals surface area contributed by atoms with E-state index in [-0.39, 0.29) is 35.7 Å². The molecule has 0 fully saturated rings. The van der Waals surface area contributed by atoms with Crippen LogP contribution in [-0.4, -0.2) is 44.3 Å². The SMILES string of the molecule is NC(=O)C1CC(C(=O)NCCCS(=O)(=O)c2ccccc2)=NN1c1ccc(F)cc1. The predicted octanol–water partition coefficient (Wildman–Crippen LogP) is 1.23. The summed E-state index contributed by atoms with van der Waals surface area (Å²) in [5.74, 6) is -1.74. The summed E-state index contributed by atoms with van der Waals surface area (Å²) in [4.78, 5) is 24.4. The van der Waals surface area contributed by atoms with Crippen molar-refractivity contribution in [3.05, 3.63) is 60.4 Å². The van der Waals surface area contributed by atoms with Crippen LogP contribution in [0.15, 0.2) is 64.6 Å². The van der Waals surface area contributed by atoms with Gasteiger partial charge in [-0.05, 0) is 42.8 Å². The average Bonchev–Trinajstić information content (AvgIpc) is 3.18. The number of nitrogens with one attached hydrogen (secondary N) is 1. The molecule has 30 heavy (non-hydrogen) atoms. The molecular weight excluding hydrogens is 411 g/mol. The molecule has 2 amide bonds. The fourth-order valence-corrected chi connectivity index (χ4v) is 4.34. The molecule has 3 N–H and O–H groups in total. The molecular formula is C20H21FN4O4S. The Hall–Kier alpha value is -3.27. The van der Waals surface area contributed by atoms with E-state index in [4.69, 9.17) is 5.73 Å². The average molecular weight is 432 g/mol. The van der Waals surface area contributed by atoms with E-state index in [1.54, 1.807) is 18.2 Å². The van der Waals surface area contributed by atoms with Gasteiger partial charge in [-0.1, -0.05) is 18.2 Å². The number of halogens is 1. The normalized spacial score (nSPS) is 16.2. The lowest BCUT2D eigenvalue weighted by atomic mass is 10.1. The van der Waals surface area contributed by atoms with Crippen molar-refractivity contribution in [1.82, 2.24) is 5.32 Å². The second-order valence-electron chi connectivity index (χ2n) is 6.73. The van der Waals surface area contributed by atoms with E-state index in [0.717, 1.165) is 0 Å². The number of amides is 2. The van der Waals surface area contributed by atoms with Crippen LogP contribution in [-0.2, 0) is 19.4 Å². The molecule has 10 heteroatoms. The number of nitrogens with two attached hydrogens (primary N) is 1. The first-order chi connectivity index (χ1) is 14.3. The molecule has 0 aliphatic carbocycles. The van der Waals surface area contributed by atoms with E-state index in [9.17, 15) is 22.4 Å². The molecule has 0 bridgehead atoms. The quantitative estimate of drug-likeness (QED) is 0.608. The second kappa shape index (κ2) is 9.04. The van der Waals surface area contributed by atoms with Crippen molar-refractivity contribution < 1.29 is 22.4 Å². The number of rotatable bonds is 8. The number of primary amides is 1. The Morgan fingerprint density at radius 2 is 1.80 bits per heavy atom. The molecule has 2 aromatic rings. The van der Waals surface area contributed by atoms with Gasteiger partial charge in [0.15, 0.2) is 9.84 Å². The van der Waals surface area contributed by atoms with Gasteiger partial charge in [-0.25, -0.2) is 12.8 Å². The highest BCUT2D eigenvalue weighted by molar-refractivity contribution is 7.91. The number of sulfone groups is 1. The smallest absolute Gasteiger partial charge is 0.267 e. The first kappa shape index (κ1) is 21.4. The third kappa shape index (κ3) is 5.01. The van der Waals surface area contributed by atoms with Gasteiger partial charge in [0.25, 0.3) is 5.91 Å². The highest BCUT2D eigenvalue weighted by Crippen LogP contribution is 2.24. The summed E-state index contributed by atoms with van der Waals surface area (Å²) >= 11 is 0. The van der Waals surface area contributed by atoms with Gasteiger partial charge < -0.3 is 11.1 Å². The number of hydrazone groups is 1. The minimum atomic E-state index is -3.43. The zero-order valence-corrected chi connectivity index (χ0v) is 16.8. The number of benzene rings is 2. The Kier molecular flexibility index (Phi) is 6.46. The van der Waals surface area contributed by atoms with Crippen LogP contribution in [0, 0.1) is 5.82 Å². The van der Waals surface area contributed by atoms with E-state index in [2.05, 4.69) is 10.4 Å². The lowest BCUT2D eigenvalue weighted by Gasteiger charge is -2.20. The van der Waals surface area contributed by atoms with Crippen LogP contribution in [0.3, 0.4) is 0 Å². The third-order valence-electron chi connectivity index (χ3n) is 4.57. The summed E-state index contributed by atoms with van der Waals surface area (Å²) in [6.07, 6.45) is 0.220. The minimum Gasteiger partial charge on any atom is -0.368 e. The van der Waals surface area contributed by atoms with E-state index < -0.39 is 33.5 Å². The van der Waals surface area contributed by atoms with Crippen LogP contribution in [0.25, 0.3) is 0 Å². The molecule has 0 aromatic heterocycles. The Labute approximate surface area is 173 Å². The molecule has 3 rings (SSSR count). The largest absolute Gasteiger partial charge is 0.368 e. The van der Waals surface area contributed by atoms with Gasteiger partial charge in [0.1, 0.15) is 17.6 Å². The summed E-state index contributed by atoms with van der Waals surface area (Å²) in [5.41, 5.74) is 5.94. The molecule has 158 valence electrons. The van der Waals surface area contributed by atoms with Crippen molar-refractivity contribution >= 4 is 33.1 Å². The molecule has 8 nitrogen and oxygen atoms in total. The number of hydrogen-bond donors (Lipinski definition) is 2. The maximum Gasteiger partial charge on any atom is 0.267 e. The van der Waals surface area contributed by atoms with Crippen molar-refractivity contribution in [3.8, 4) is 0 Å². The monoisotopic (exact) mass is 432 g/mol. The maximum absolute atomic E-state index is 13.1. The van der Waals surface area contributed by atoms with Crippen LogP contribution < -0.4 is 16.1 Å². The maximum atomic E-state index is 13.1. The highest BCUT2D eigenvalue weighted by Gasteiger charge is 2.34. The fraction of sp³-hybridized carbons (Fsp3) is 0.250. The summed E-state index contributed by atoms with van der Waals surface area (Å²) in [6.45, 7) is 0.127. The predicted molar refractivity (Wildman–Crippen MR) is 110 cm³/mol. The van der Waals surface area contributed by atoms with E-state index >= 15 is 0 Å². The zero-order valence-electron chi connectivity index (χ0n) is 16.0. The number of hydrogen-bond acceptors (Lipinski definition) is 6. The molecule has 2 aromatic carbocycles. The molecule has 0 radical (unpaired) electrons. The van der Waals surface area contributed by atoms with Crippen LogP contribution in [0.1, 0.15) is 12.8 Å². The lowest BCUT2D eigenvalue weighted by molar-refractivity contribution is -0.119. The standard InChI is InChI=1S/C20H21FN4O4S/c21-14-7-9-15(10-8-14)25-18(19(22)26)13-17(24-25)20(27)23-11-4-12-30(28,29)16-5-2-1-3-6-16/h1-3,5-10,18H,4,11-13H2,(H2,22,26)(H,23,27). The topological polar surface area (TPSA) is 122 Å². The molecule has 1 aliphatic heterocycles. The van der Waals surface area contributed by atoms with E-state index in [1.807, 2.05) is 0 Å². The number of nitrogens with zero attached hydrogens (tertiary/aromatic N) is 2. The molecule has 1 unspecified atom stereocenters. The lowest BCUT2D eigenvalue weighted by Crippen LogP contribution is -2.40. The Balaban J connectivity index is 1.59. The van der Waals surface area contributed by atoms with Crippen molar-refractivity contribution in [2.45, 2.75) is 23.8 Å². The Morgan fingerprint density at radius 1 is 1.13 bits per heavy atom. The molecule has 0 saturated heterocycles.